The third kappa shape index (κ3) is 4.61. The van der Waals surface area contributed by atoms with Gasteiger partial charge in [0.25, 0.3) is 0 Å². The minimum atomic E-state index is -0.528. The first kappa shape index (κ1) is 24.8. The summed E-state index contributed by atoms with van der Waals surface area (Å²) in [7, 11) is 0. The Morgan fingerprint density at radius 3 is 2.61 bits per heavy atom. The molecule has 0 bridgehead atoms. The second-order valence-corrected chi connectivity index (χ2v) is 12.7. The number of nitrogens with zero attached hydrogens (tertiary/aromatic N) is 4. The molecule has 2 N–H and O–H groups in total. The second-order valence-electron chi connectivity index (χ2n) is 9.63. The molecule has 9 heteroatoms. The summed E-state index contributed by atoms with van der Waals surface area (Å²) in [5.41, 5.74) is 10.3. The molecule has 2 aromatic carbocycles. The number of carbonyl (C=O) groups excluding carboxylic acids is 1. The highest BCUT2D eigenvalue weighted by atomic mass is 79.9. The Balaban J connectivity index is 1.59. The number of nitrogens with two attached hydrogens (primary N) is 1. The number of aromatic nitrogens is 2. The molecular weight excluding hydrogens is 554 g/mol. The maximum absolute atomic E-state index is 13.6. The number of anilines is 1. The van der Waals surface area contributed by atoms with Crippen molar-refractivity contribution in [3.63, 3.8) is 0 Å². The molecule has 2 heterocycles. The molecular formula is C27H24BrN5OS2. The van der Waals surface area contributed by atoms with Crippen molar-refractivity contribution in [3.05, 3.63) is 92.9 Å². The van der Waals surface area contributed by atoms with Crippen LogP contribution in [0.5, 0.6) is 0 Å². The van der Waals surface area contributed by atoms with Crippen LogP contribution in [0.25, 0.3) is 0 Å². The summed E-state index contributed by atoms with van der Waals surface area (Å²) < 4.78 is 1.64. The maximum atomic E-state index is 13.6. The molecule has 1 aliphatic carbocycles. The van der Waals surface area contributed by atoms with Crippen LogP contribution in [0, 0.1) is 16.7 Å². The van der Waals surface area contributed by atoms with E-state index in [-0.39, 0.29) is 11.2 Å². The van der Waals surface area contributed by atoms with Gasteiger partial charge in [0.1, 0.15) is 5.82 Å². The number of hydrogen-bond donors (Lipinski definition) is 1. The fraction of sp³-hybridized carbons (Fsp3) is 0.259. The smallest absolute Gasteiger partial charge is 0.219 e. The summed E-state index contributed by atoms with van der Waals surface area (Å²) in [5.74, 6) is 0.586. The highest BCUT2D eigenvalue weighted by Crippen LogP contribution is 2.51. The van der Waals surface area contributed by atoms with Gasteiger partial charge in [-0.05, 0) is 29.0 Å². The zero-order valence-corrected chi connectivity index (χ0v) is 23.1. The fourth-order valence-electron chi connectivity index (χ4n) is 4.82. The normalized spacial score (nSPS) is 19.3. The molecule has 5 rings (SSSR count). The zero-order chi connectivity index (χ0) is 25.4. The van der Waals surface area contributed by atoms with Gasteiger partial charge in [-0.3, -0.25) is 9.69 Å². The summed E-state index contributed by atoms with van der Waals surface area (Å²) in [5, 5.41) is 19.6. The van der Waals surface area contributed by atoms with Crippen LogP contribution in [0.15, 0.2) is 86.1 Å². The average molecular weight is 579 g/mol. The minimum Gasteiger partial charge on any atom is -0.384 e. The van der Waals surface area contributed by atoms with Gasteiger partial charge in [-0.15, -0.1) is 10.2 Å². The molecule has 1 unspecified atom stereocenters. The molecule has 6 nitrogen and oxygen atoms in total. The van der Waals surface area contributed by atoms with E-state index in [2.05, 4.69) is 58.2 Å². The molecule has 0 fully saturated rings. The van der Waals surface area contributed by atoms with E-state index in [9.17, 15) is 10.1 Å². The summed E-state index contributed by atoms with van der Waals surface area (Å²) >= 11 is 6.65. The van der Waals surface area contributed by atoms with Crippen LogP contribution in [0.4, 0.5) is 5.13 Å². The first-order valence-corrected chi connectivity index (χ1v) is 14.1. The number of hydrogen-bond acceptors (Lipinski definition) is 8. The average Bonchev–Trinajstić information content (AvgIpc) is 3.31. The molecule has 1 aromatic heterocycles. The van der Waals surface area contributed by atoms with Crippen molar-refractivity contribution >= 4 is 49.9 Å². The zero-order valence-electron chi connectivity index (χ0n) is 19.9. The van der Waals surface area contributed by atoms with Crippen molar-refractivity contribution in [2.45, 2.75) is 42.7 Å². The molecule has 1 aliphatic heterocycles. The Morgan fingerprint density at radius 1 is 1.17 bits per heavy atom. The third-order valence-electron chi connectivity index (χ3n) is 6.39. The lowest BCUT2D eigenvalue weighted by Crippen LogP contribution is -2.42. The Morgan fingerprint density at radius 2 is 1.89 bits per heavy atom. The van der Waals surface area contributed by atoms with Crippen molar-refractivity contribution in [3.8, 4) is 6.07 Å². The minimum absolute atomic E-state index is 0.0374. The predicted molar refractivity (Wildman–Crippen MR) is 147 cm³/mol. The quantitative estimate of drug-likeness (QED) is 0.344. The summed E-state index contributed by atoms with van der Waals surface area (Å²) in [6.07, 6.45) is 1.05. The Hall–Kier alpha value is -2.93. The van der Waals surface area contributed by atoms with Gasteiger partial charge in [-0.1, -0.05) is 101 Å². The Labute approximate surface area is 227 Å². The van der Waals surface area contributed by atoms with E-state index in [1.807, 2.05) is 42.5 Å². The molecule has 3 aromatic rings. The number of rotatable bonds is 5. The largest absolute Gasteiger partial charge is 0.384 e. The summed E-state index contributed by atoms with van der Waals surface area (Å²) in [6.45, 7) is 4.17. The van der Waals surface area contributed by atoms with Crippen molar-refractivity contribution in [1.29, 1.82) is 5.26 Å². The van der Waals surface area contributed by atoms with E-state index in [1.165, 1.54) is 16.9 Å². The van der Waals surface area contributed by atoms with Crippen LogP contribution >= 0.6 is 39.0 Å². The Bertz CT molecular complexity index is 1440. The number of nitriles is 1. The van der Waals surface area contributed by atoms with Crippen molar-refractivity contribution in [2.24, 2.45) is 11.1 Å². The highest BCUT2D eigenvalue weighted by molar-refractivity contribution is 9.10. The van der Waals surface area contributed by atoms with Crippen LogP contribution in [0.2, 0.25) is 0 Å². The van der Waals surface area contributed by atoms with Gasteiger partial charge in [0.05, 0.1) is 17.6 Å². The van der Waals surface area contributed by atoms with Crippen molar-refractivity contribution in [2.75, 3.05) is 4.90 Å². The fourth-order valence-corrected chi connectivity index (χ4v) is 7.17. The molecule has 0 amide bonds. The van der Waals surface area contributed by atoms with E-state index in [0.29, 0.717) is 34.9 Å². The monoisotopic (exact) mass is 577 g/mol. The van der Waals surface area contributed by atoms with E-state index < -0.39 is 5.92 Å². The predicted octanol–water partition coefficient (Wildman–Crippen LogP) is 6.53. The number of thioether (sulfide) groups is 1. The Kier molecular flexibility index (Phi) is 6.77. The third-order valence-corrected chi connectivity index (χ3v) is 9.22. The van der Waals surface area contributed by atoms with E-state index in [1.54, 1.807) is 16.7 Å². The van der Waals surface area contributed by atoms with E-state index in [4.69, 9.17) is 5.73 Å². The lowest BCUT2D eigenvalue weighted by atomic mass is 9.69. The van der Waals surface area contributed by atoms with Gasteiger partial charge in [-0.25, -0.2) is 0 Å². The molecule has 36 heavy (non-hydrogen) atoms. The number of Topliss-reactive ketones (excluding diaryl/α,β-unsaturated/α-hetero) is 1. The van der Waals surface area contributed by atoms with Gasteiger partial charge >= 0.3 is 0 Å². The number of ketones is 1. The lowest BCUT2D eigenvalue weighted by molar-refractivity contribution is -0.118. The van der Waals surface area contributed by atoms with Crippen LogP contribution in [-0.2, 0) is 10.5 Å². The van der Waals surface area contributed by atoms with Crippen molar-refractivity contribution in [1.82, 2.24) is 10.2 Å². The number of benzene rings is 2. The van der Waals surface area contributed by atoms with E-state index in [0.717, 1.165) is 25.8 Å². The van der Waals surface area contributed by atoms with Crippen LogP contribution < -0.4 is 10.6 Å². The molecule has 0 saturated heterocycles. The topological polar surface area (TPSA) is 95.9 Å². The summed E-state index contributed by atoms with van der Waals surface area (Å²) in [4.78, 5) is 15.4. The second kappa shape index (κ2) is 9.85. The molecule has 1 atom stereocenters. The molecule has 0 radical (unpaired) electrons. The number of carbonyl (C=O) groups is 1. The van der Waals surface area contributed by atoms with Gasteiger partial charge < -0.3 is 5.73 Å². The van der Waals surface area contributed by atoms with Crippen LogP contribution in [0.1, 0.15) is 43.7 Å². The SMILES string of the molecule is CC1(C)CC(=O)C2=C(C1)N(c1nnc(SCc3ccccc3)s1)C(N)=C(C#N)C2c1ccccc1Br. The standard InChI is InChI=1S/C27H24BrN5OS2/c1-27(2)12-20-23(21(34)13-27)22(17-10-6-7-11-19(17)28)18(14-29)24(30)33(20)25-31-32-26(36-25)35-15-16-8-4-3-5-9-16/h3-11,22H,12-13,15,30H2,1-2H3. The molecule has 2 aliphatic rings. The first-order chi connectivity index (χ1) is 17.3. The molecule has 0 spiro atoms. The summed E-state index contributed by atoms with van der Waals surface area (Å²) in [6, 6.07) is 20.2. The highest BCUT2D eigenvalue weighted by Gasteiger charge is 2.45. The lowest BCUT2D eigenvalue weighted by Gasteiger charge is -2.42. The molecule has 182 valence electrons. The number of halogens is 1. The van der Waals surface area contributed by atoms with Crippen molar-refractivity contribution < 1.29 is 4.79 Å². The maximum Gasteiger partial charge on any atom is 0.219 e. The molecule has 0 saturated carbocycles. The van der Waals surface area contributed by atoms with Gasteiger partial charge in [0, 0.05) is 27.9 Å². The van der Waals surface area contributed by atoms with Gasteiger partial charge in [0.2, 0.25) is 5.13 Å². The van der Waals surface area contributed by atoms with Crippen LogP contribution in [-0.4, -0.2) is 16.0 Å². The first-order valence-electron chi connectivity index (χ1n) is 11.5. The van der Waals surface area contributed by atoms with E-state index >= 15 is 0 Å². The van der Waals surface area contributed by atoms with Crippen LogP contribution in [0.3, 0.4) is 0 Å². The van der Waals surface area contributed by atoms with Gasteiger partial charge in [0.15, 0.2) is 10.1 Å². The van der Waals surface area contributed by atoms with Gasteiger partial charge in [-0.2, -0.15) is 5.26 Å². The number of allylic oxidation sites excluding steroid dienone is 3.